The molecule has 2 N–H and O–H groups in total. The van der Waals surface area contributed by atoms with Gasteiger partial charge in [0, 0.05) is 4.91 Å². The molecule has 0 saturated carbocycles. The van der Waals surface area contributed by atoms with Gasteiger partial charge in [0.25, 0.3) is 0 Å². The predicted molar refractivity (Wildman–Crippen MR) is 97.5 cm³/mol. The first-order chi connectivity index (χ1) is 12.0. The van der Waals surface area contributed by atoms with Crippen molar-refractivity contribution in [3.63, 3.8) is 0 Å². The maximum atomic E-state index is 13.7. The van der Waals surface area contributed by atoms with Crippen molar-refractivity contribution < 1.29 is 13.6 Å². The molecule has 0 radical (unpaired) electrons. The number of rotatable bonds is 5. The highest BCUT2D eigenvalue weighted by molar-refractivity contribution is 6.74. The summed E-state index contributed by atoms with van der Waals surface area (Å²) in [6.45, 7) is 10.9. The molecule has 0 spiro atoms. The molecule has 1 aromatic rings. The second-order valence-electron chi connectivity index (χ2n) is 7.89. The lowest BCUT2D eigenvalue weighted by Crippen LogP contribution is -2.42. The topological polar surface area (TPSA) is 128 Å². The monoisotopic (exact) mass is 384 g/mol. The first kappa shape index (κ1) is 20.4. The highest BCUT2D eigenvalue weighted by atomic mass is 28.4. The third kappa shape index (κ3) is 4.23. The van der Waals surface area contributed by atoms with Crippen molar-refractivity contribution in [2.24, 2.45) is 5.11 Å². The lowest BCUT2D eigenvalue weighted by molar-refractivity contribution is -0.0259. The van der Waals surface area contributed by atoms with E-state index in [0.717, 1.165) is 10.8 Å². The van der Waals surface area contributed by atoms with Gasteiger partial charge in [-0.3, -0.25) is 4.57 Å². The van der Waals surface area contributed by atoms with E-state index >= 15 is 0 Å². The Morgan fingerprint density at radius 3 is 2.81 bits per heavy atom. The van der Waals surface area contributed by atoms with E-state index in [0.29, 0.717) is 13.0 Å². The standard InChI is InChI=1S/C15H25FN6O3Si/c1-15(2,3)26(4,5)24-8-9-6-11(20-21-18)13(25-9)22-7-10(16)12(17)19-14(22)23/h7,9,11,13H,6,8H2,1-5H3,(H2,17,19,23)/t9-,11-,13+/m1/s1. The molecule has 1 saturated heterocycles. The van der Waals surface area contributed by atoms with Gasteiger partial charge in [0.2, 0.25) is 0 Å². The molecule has 0 bridgehead atoms. The zero-order valence-electron chi connectivity index (χ0n) is 15.6. The quantitative estimate of drug-likeness (QED) is 0.361. The van der Waals surface area contributed by atoms with Crippen LogP contribution in [0.1, 0.15) is 33.4 Å². The summed E-state index contributed by atoms with van der Waals surface area (Å²) >= 11 is 0. The molecule has 1 fully saturated rings. The Morgan fingerprint density at radius 2 is 2.23 bits per heavy atom. The third-order valence-corrected chi connectivity index (χ3v) is 9.51. The van der Waals surface area contributed by atoms with Crippen molar-refractivity contribution in [1.82, 2.24) is 9.55 Å². The number of nitrogen functional groups attached to an aromatic ring is 1. The largest absolute Gasteiger partial charge is 0.414 e. The molecule has 144 valence electrons. The van der Waals surface area contributed by atoms with E-state index in [4.69, 9.17) is 20.4 Å². The first-order valence-corrected chi connectivity index (χ1v) is 11.2. The maximum absolute atomic E-state index is 13.7. The van der Waals surface area contributed by atoms with Gasteiger partial charge in [-0.05, 0) is 30.1 Å². The van der Waals surface area contributed by atoms with Crippen molar-refractivity contribution in [1.29, 1.82) is 0 Å². The van der Waals surface area contributed by atoms with Gasteiger partial charge in [0.15, 0.2) is 20.0 Å². The molecule has 0 aliphatic carbocycles. The van der Waals surface area contributed by atoms with Crippen LogP contribution < -0.4 is 11.4 Å². The van der Waals surface area contributed by atoms with E-state index < -0.39 is 37.9 Å². The average Bonchev–Trinajstić information content (AvgIpc) is 2.91. The fourth-order valence-corrected chi connectivity index (χ4v) is 3.45. The molecule has 2 heterocycles. The first-order valence-electron chi connectivity index (χ1n) is 8.34. The van der Waals surface area contributed by atoms with Crippen LogP contribution in [0.15, 0.2) is 16.1 Å². The summed E-state index contributed by atoms with van der Waals surface area (Å²) in [6.07, 6.45) is -0.0418. The average molecular weight is 384 g/mol. The van der Waals surface area contributed by atoms with Gasteiger partial charge in [-0.2, -0.15) is 4.98 Å². The molecule has 0 amide bonds. The summed E-state index contributed by atoms with van der Waals surface area (Å²) < 4.78 is 26.7. The number of halogens is 1. The summed E-state index contributed by atoms with van der Waals surface area (Å²) in [4.78, 5) is 18.3. The third-order valence-electron chi connectivity index (χ3n) is 5.01. The number of hydrogen-bond acceptors (Lipinski definition) is 6. The number of aromatic nitrogens is 2. The van der Waals surface area contributed by atoms with Crippen LogP contribution in [0, 0.1) is 5.82 Å². The fourth-order valence-electron chi connectivity index (χ4n) is 2.42. The van der Waals surface area contributed by atoms with E-state index in [1.165, 1.54) is 0 Å². The Kier molecular flexibility index (Phi) is 5.76. The maximum Gasteiger partial charge on any atom is 0.351 e. The fraction of sp³-hybridized carbons (Fsp3) is 0.733. The number of nitrogens with zero attached hydrogens (tertiary/aromatic N) is 5. The minimum Gasteiger partial charge on any atom is -0.414 e. The van der Waals surface area contributed by atoms with E-state index in [-0.39, 0.29) is 11.1 Å². The summed E-state index contributed by atoms with van der Waals surface area (Å²) in [5.74, 6) is -1.32. The van der Waals surface area contributed by atoms with E-state index in [1.54, 1.807) is 0 Å². The molecule has 1 aromatic heterocycles. The van der Waals surface area contributed by atoms with Crippen LogP contribution in [0.25, 0.3) is 10.4 Å². The van der Waals surface area contributed by atoms with Crippen LogP contribution >= 0.6 is 0 Å². The minimum atomic E-state index is -1.98. The van der Waals surface area contributed by atoms with Crippen molar-refractivity contribution in [3.05, 3.63) is 32.9 Å². The van der Waals surface area contributed by atoms with Crippen molar-refractivity contribution in [2.75, 3.05) is 12.3 Å². The Labute approximate surface area is 152 Å². The minimum absolute atomic E-state index is 0.0379. The Morgan fingerprint density at radius 1 is 1.58 bits per heavy atom. The number of ether oxygens (including phenoxy) is 1. The van der Waals surface area contributed by atoms with Crippen LogP contribution in [0.3, 0.4) is 0 Å². The Bertz CT molecular complexity index is 772. The van der Waals surface area contributed by atoms with Crippen molar-refractivity contribution >= 4 is 14.1 Å². The molecule has 0 aromatic carbocycles. The second-order valence-corrected chi connectivity index (χ2v) is 12.7. The van der Waals surface area contributed by atoms with Gasteiger partial charge in [-0.1, -0.05) is 25.9 Å². The molecule has 9 nitrogen and oxygen atoms in total. The summed E-state index contributed by atoms with van der Waals surface area (Å²) in [7, 11) is -1.98. The number of hydrogen-bond donors (Lipinski definition) is 1. The highest BCUT2D eigenvalue weighted by Gasteiger charge is 2.41. The van der Waals surface area contributed by atoms with Crippen LogP contribution in [-0.2, 0) is 9.16 Å². The van der Waals surface area contributed by atoms with Gasteiger partial charge in [-0.25, -0.2) is 9.18 Å². The molecule has 11 heteroatoms. The lowest BCUT2D eigenvalue weighted by Gasteiger charge is -2.36. The summed E-state index contributed by atoms with van der Waals surface area (Å²) in [6, 6.07) is -0.671. The zero-order chi connectivity index (χ0) is 19.7. The normalized spacial score (nSPS) is 23.7. The van der Waals surface area contributed by atoms with Gasteiger partial charge in [0.05, 0.1) is 24.9 Å². The predicted octanol–water partition coefficient (Wildman–Crippen LogP) is 2.95. The number of anilines is 1. The zero-order valence-corrected chi connectivity index (χ0v) is 16.6. The SMILES string of the molecule is CC(C)(C)[Si](C)(C)OC[C@H]1C[C@@H](N=[N+]=[N-])[C@@H](n2cc(F)c(N)nc2=O)O1. The van der Waals surface area contributed by atoms with E-state index in [1.807, 2.05) is 0 Å². The molecule has 1 aliphatic rings. The molecular weight excluding hydrogens is 359 g/mol. The van der Waals surface area contributed by atoms with Crippen LogP contribution in [0.2, 0.25) is 18.1 Å². The van der Waals surface area contributed by atoms with Crippen LogP contribution in [-0.4, -0.2) is 36.6 Å². The Balaban J connectivity index is 2.20. The molecule has 3 atom stereocenters. The lowest BCUT2D eigenvalue weighted by atomic mass is 10.2. The second kappa shape index (κ2) is 7.35. The smallest absolute Gasteiger partial charge is 0.351 e. The Hall–Kier alpha value is -1.94. The van der Waals surface area contributed by atoms with E-state index in [9.17, 15) is 9.18 Å². The van der Waals surface area contributed by atoms with Crippen molar-refractivity contribution in [3.8, 4) is 0 Å². The van der Waals surface area contributed by atoms with Gasteiger partial charge in [0.1, 0.15) is 6.23 Å². The van der Waals surface area contributed by atoms with Crippen LogP contribution in [0.4, 0.5) is 10.2 Å². The van der Waals surface area contributed by atoms with E-state index in [2.05, 4.69) is 48.9 Å². The molecule has 1 aliphatic heterocycles. The molecule has 2 rings (SSSR count). The van der Waals surface area contributed by atoms with Crippen LogP contribution in [0.5, 0.6) is 0 Å². The van der Waals surface area contributed by atoms with Gasteiger partial charge in [-0.15, -0.1) is 0 Å². The van der Waals surface area contributed by atoms with Gasteiger partial charge < -0.3 is 14.9 Å². The molecule has 0 unspecified atom stereocenters. The van der Waals surface area contributed by atoms with Crippen molar-refractivity contribution in [2.45, 2.75) is 63.7 Å². The molecule has 26 heavy (non-hydrogen) atoms. The number of azide groups is 1. The van der Waals surface area contributed by atoms with Gasteiger partial charge >= 0.3 is 5.69 Å². The molecular formula is C15H25FN6O3Si. The summed E-state index contributed by atoms with van der Waals surface area (Å²) in [5.41, 5.74) is 13.3. The number of nitrogens with two attached hydrogens (primary N) is 1. The summed E-state index contributed by atoms with van der Waals surface area (Å²) in [5, 5.41) is 3.73. The highest BCUT2D eigenvalue weighted by Crippen LogP contribution is 2.38.